The van der Waals surface area contributed by atoms with Crippen LogP contribution in [0.15, 0.2) is 18.6 Å². The molecule has 1 N–H and O–H groups in total. The normalized spacial score (nSPS) is 10.1. The highest BCUT2D eigenvalue weighted by atomic mass is 32.1. The molecule has 0 aromatic carbocycles. The Labute approximate surface area is 96.6 Å². The Morgan fingerprint density at radius 3 is 2.75 bits per heavy atom. The molecule has 0 saturated heterocycles. The summed E-state index contributed by atoms with van der Waals surface area (Å²) >= 11 is 1.42. The number of anilines is 1. The molecule has 82 valence electrons. The van der Waals surface area contributed by atoms with Gasteiger partial charge in [-0.15, -0.1) is 11.3 Å². The van der Waals surface area contributed by atoms with E-state index >= 15 is 0 Å². The molecule has 0 unspecified atom stereocenters. The lowest BCUT2D eigenvalue weighted by Gasteiger charge is -2.01. The molecule has 2 aromatic heterocycles. The SMILES string of the molecule is Cc1cncc(C(=O)Nc2cnc(C)s2)n1. The first-order chi connectivity index (χ1) is 7.65. The number of aromatic nitrogens is 3. The lowest BCUT2D eigenvalue weighted by molar-refractivity contribution is 0.102. The molecular formula is C10H10N4OS. The monoisotopic (exact) mass is 234 g/mol. The first kappa shape index (κ1) is 10.7. The van der Waals surface area contributed by atoms with Crippen molar-refractivity contribution in [3.8, 4) is 0 Å². The molecule has 6 heteroatoms. The Kier molecular flexibility index (Phi) is 2.91. The van der Waals surface area contributed by atoms with Gasteiger partial charge in [0.05, 0.1) is 23.1 Å². The predicted molar refractivity (Wildman–Crippen MR) is 61.6 cm³/mol. The van der Waals surface area contributed by atoms with Crippen LogP contribution in [0.3, 0.4) is 0 Å². The number of carbonyl (C=O) groups is 1. The number of hydrogen-bond donors (Lipinski definition) is 1. The molecule has 0 aliphatic rings. The maximum absolute atomic E-state index is 11.7. The predicted octanol–water partition coefficient (Wildman–Crippen LogP) is 1.80. The van der Waals surface area contributed by atoms with E-state index in [1.807, 2.05) is 6.92 Å². The van der Waals surface area contributed by atoms with Crippen molar-refractivity contribution in [1.29, 1.82) is 0 Å². The van der Waals surface area contributed by atoms with Crippen molar-refractivity contribution in [3.05, 3.63) is 35.0 Å². The first-order valence-electron chi connectivity index (χ1n) is 4.67. The van der Waals surface area contributed by atoms with Crippen molar-refractivity contribution in [2.45, 2.75) is 13.8 Å². The lowest BCUT2D eigenvalue weighted by atomic mass is 10.4. The van der Waals surface area contributed by atoms with Crippen LogP contribution >= 0.6 is 11.3 Å². The van der Waals surface area contributed by atoms with Crippen LogP contribution in [0.2, 0.25) is 0 Å². The van der Waals surface area contributed by atoms with Crippen molar-refractivity contribution in [2.75, 3.05) is 5.32 Å². The van der Waals surface area contributed by atoms with Crippen LogP contribution in [0.25, 0.3) is 0 Å². The fourth-order valence-electron chi connectivity index (χ4n) is 1.17. The van der Waals surface area contributed by atoms with E-state index in [4.69, 9.17) is 0 Å². The van der Waals surface area contributed by atoms with Gasteiger partial charge in [-0.05, 0) is 13.8 Å². The highest BCUT2D eigenvalue weighted by molar-refractivity contribution is 7.15. The van der Waals surface area contributed by atoms with Gasteiger partial charge < -0.3 is 5.32 Å². The molecule has 0 bridgehead atoms. The van der Waals surface area contributed by atoms with Gasteiger partial charge in [0.25, 0.3) is 5.91 Å². The maximum atomic E-state index is 11.7. The van der Waals surface area contributed by atoms with Crippen LogP contribution in [0, 0.1) is 13.8 Å². The van der Waals surface area contributed by atoms with E-state index < -0.39 is 0 Å². The number of nitrogens with zero attached hydrogens (tertiary/aromatic N) is 3. The van der Waals surface area contributed by atoms with Gasteiger partial charge in [-0.2, -0.15) is 0 Å². The van der Waals surface area contributed by atoms with E-state index in [2.05, 4.69) is 20.3 Å². The smallest absolute Gasteiger partial charge is 0.276 e. The Bertz CT molecular complexity index is 523. The van der Waals surface area contributed by atoms with Crippen LogP contribution in [0.5, 0.6) is 0 Å². The topological polar surface area (TPSA) is 67.8 Å². The number of amides is 1. The molecule has 2 aromatic rings. The minimum atomic E-state index is -0.264. The second kappa shape index (κ2) is 4.36. The Hall–Kier alpha value is -1.82. The first-order valence-corrected chi connectivity index (χ1v) is 5.49. The summed E-state index contributed by atoms with van der Waals surface area (Å²) in [4.78, 5) is 23.8. The van der Waals surface area contributed by atoms with Crippen molar-refractivity contribution >= 4 is 22.2 Å². The molecule has 0 aliphatic heterocycles. The largest absolute Gasteiger partial charge is 0.311 e. The van der Waals surface area contributed by atoms with Crippen LogP contribution in [0.4, 0.5) is 5.00 Å². The molecule has 5 nitrogen and oxygen atoms in total. The van der Waals surface area contributed by atoms with Gasteiger partial charge in [-0.1, -0.05) is 0 Å². The van der Waals surface area contributed by atoms with E-state index in [0.717, 1.165) is 5.01 Å². The van der Waals surface area contributed by atoms with Gasteiger partial charge in [0.15, 0.2) is 0 Å². The summed E-state index contributed by atoms with van der Waals surface area (Å²) in [5.74, 6) is -0.264. The Balaban J connectivity index is 2.14. The van der Waals surface area contributed by atoms with E-state index in [-0.39, 0.29) is 5.91 Å². The molecule has 0 saturated carbocycles. The van der Waals surface area contributed by atoms with Crippen molar-refractivity contribution in [3.63, 3.8) is 0 Å². The van der Waals surface area contributed by atoms with E-state index in [0.29, 0.717) is 16.4 Å². The molecule has 16 heavy (non-hydrogen) atoms. The zero-order chi connectivity index (χ0) is 11.5. The molecular weight excluding hydrogens is 224 g/mol. The quantitative estimate of drug-likeness (QED) is 0.860. The van der Waals surface area contributed by atoms with E-state index in [1.165, 1.54) is 17.5 Å². The van der Waals surface area contributed by atoms with E-state index in [1.54, 1.807) is 19.3 Å². The van der Waals surface area contributed by atoms with Gasteiger partial charge in [0.1, 0.15) is 10.7 Å². The third kappa shape index (κ3) is 2.40. The summed E-state index contributed by atoms with van der Waals surface area (Å²) in [7, 11) is 0. The Morgan fingerprint density at radius 1 is 1.31 bits per heavy atom. The average Bonchev–Trinajstić information content (AvgIpc) is 2.64. The molecule has 0 atom stereocenters. The minimum absolute atomic E-state index is 0.264. The second-order valence-electron chi connectivity index (χ2n) is 3.24. The van der Waals surface area contributed by atoms with Crippen LogP contribution in [-0.2, 0) is 0 Å². The summed E-state index contributed by atoms with van der Waals surface area (Å²) < 4.78 is 0. The number of thiazole rings is 1. The molecule has 0 spiro atoms. The van der Waals surface area contributed by atoms with Crippen molar-refractivity contribution in [2.24, 2.45) is 0 Å². The molecule has 0 fully saturated rings. The molecule has 2 rings (SSSR count). The van der Waals surface area contributed by atoms with E-state index in [9.17, 15) is 4.79 Å². The minimum Gasteiger partial charge on any atom is -0.311 e. The summed E-state index contributed by atoms with van der Waals surface area (Å²) in [5.41, 5.74) is 1.03. The zero-order valence-electron chi connectivity index (χ0n) is 8.89. The lowest BCUT2D eigenvalue weighted by Crippen LogP contribution is -2.13. The summed E-state index contributed by atoms with van der Waals surface area (Å²) in [6.45, 7) is 3.67. The average molecular weight is 234 g/mol. The fourth-order valence-corrected chi connectivity index (χ4v) is 1.84. The number of nitrogens with one attached hydrogen (secondary N) is 1. The second-order valence-corrected chi connectivity index (χ2v) is 4.48. The number of carbonyl (C=O) groups excluding carboxylic acids is 1. The number of hydrogen-bond acceptors (Lipinski definition) is 5. The summed E-state index contributed by atoms with van der Waals surface area (Å²) in [6, 6.07) is 0. The standard InChI is InChI=1S/C10H10N4OS/c1-6-3-11-4-8(13-6)10(15)14-9-5-12-7(2)16-9/h3-5H,1-2H3,(H,14,15). The highest BCUT2D eigenvalue weighted by Gasteiger charge is 2.09. The van der Waals surface area contributed by atoms with Gasteiger partial charge >= 0.3 is 0 Å². The van der Waals surface area contributed by atoms with Gasteiger partial charge in [-0.3, -0.25) is 9.78 Å². The summed E-state index contributed by atoms with van der Waals surface area (Å²) in [6.07, 6.45) is 4.67. The van der Waals surface area contributed by atoms with Crippen LogP contribution in [-0.4, -0.2) is 20.9 Å². The molecule has 0 aliphatic carbocycles. The van der Waals surface area contributed by atoms with Crippen molar-refractivity contribution in [1.82, 2.24) is 15.0 Å². The number of aryl methyl sites for hydroxylation is 2. The van der Waals surface area contributed by atoms with Gasteiger partial charge in [0.2, 0.25) is 0 Å². The Morgan fingerprint density at radius 2 is 2.12 bits per heavy atom. The van der Waals surface area contributed by atoms with Gasteiger partial charge in [0, 0.05) is 6.20 Å². The van der Waals surface area contributed by atoms with Crippen LogP contribution < -0.4 is 5.32 Å². The molecule has 0 radical (unpaired) electrons. The third-order valence-corrected chi connectivity index (χ3v) is 2.67. The van der Waals surface area contributed by atoms with Crippen LogP contribution in [0.1, 0.15) is 21.2 Å². The number of rotatable bonds is 2. The molecule has 1 amide bonds. The van der Waals surface area contributed by atoms with Crippen molar-refractivity contribution < 1.29 is 4.79 Å². The van der Waals surface area contributed by atoms with Gasteiger partial charge in [-0.25, -0.2) is 9.97 Å². The summed E-state index contributed by atoms with van der Waals surface area (Å²) in [5, 5.41) is 4.34. The zero-order valence-corrected chi connectivity index (χ0v) is 9.71. The maximum Gasteiger partial charge on any atom is 0.276 e. The highest BCUT2D eigenvalue weighted by Crippen LogP contribution is 2.17. The fraction of sp³-hybridized carbons (Fsp3) is 0.200. The molecule has 2 heterocycles. The third-order valence-electron chi connectivity index (χ3n) is 1.85.